The molecule has 1 aliphatic heterocycles. The van der Waals surface area contributed by atoms with Gasteiger partial charge in [-0.3, -0.25) is 9.59 Å². The van der Waals surface area contributed by atoms with Crippen molar-refractivity contribution in [3.05, 3.63) is 24.3 Å². The Morgan fingerprint density at radius 1 is 0.480 bits per heavy atom. The fourth-order valence-electron chi connectivity index (χ4n) is 10.2. The van der Waals surface area contributed by atoms with Gasteiger partial charge in [0.15, 0.2) is 6.29 Å². The molecule has 0 saturated carbocycles. The van der Waals surface area contributed by atoms with Crippen molar-refractivity contribution in [2.24, 2.45) is 0 Å². The van der Waals surface area contributed by atoms with Gasteiger partial charge in [-0.1, -0.05) is 263 Å². The van der Waals surface area contributed by atoms with E-state index in [1.54, 1.807) is 6.08 Å². The fraction of sp³-hybridized carbons (Fsp3) is 0.906. The zero-order valence-corrected chi connectivity index (χ0v) is 48.8. The number of hydrogen-bond donors (Lipinski definition) is 6. The van der Waals surface area contributed by atoms with Crippen LogP contribution >= 0.6 is 0 Å². The third kappa shape index (κ3) is 43.7. The van der Waals surface area contributed by atoms with Crippen LogP contribution in [-0.2, 0) is 23.8 Å². The van der Waals surface area contributed by atoms with Gasteiger partial charge in [-0.25, -0.2) is 0 Å². The molecule has 1 amide bonds. The zero-order chi connectivity index (χ0) is 54.5. The maximum atomic E-state index is 13.0. The predicted octanol–water partition coefficient (Wildman–Crippen LogP) is 15.3. The lowest BCUT2D eigenvalue weighted by Crippen LogP contribution is -2.60. The first-order valence-electron chi connectivity index (χ1n) is 32.1. The maximum absolute atomic E-state index is 13.0. The van der Waals surface area contributed by atoms with Crippen LogP contribution in [0.25, 0.3) is 0 Å². The Hall–Kier alpha value is -1.86. The first-order valence-corrected chi connectivity index (χ1v) is 32.1. The molecule has 1 aliphatic rings. The molecule has 0 bridgehead atoms. The van der Waals surface area contributed by atoms with Crippen molar-refractivity contribution < 1.29 is 49.3 Å². The number of amides is 1. The molecular formula is C64H121NO10. The summed E-state index contributed by atoms with van der Waals surface area (Å²) in [6, 6.07) is -0.810. The molecule has 0 aromatic carbocycles. The predicted molar refractivity (Wildman–Crippen MR) is 311 cm³/mol. The summed E-state index contributed by atoms with van der Waals surface area (Å²) in [6.07, 6.45) is 55.8. The van der Waals surface area contributed by atoms with E-state index < -0.39 is 49.5 Å². The van der Waals surface area contributed by atoms with Crippen LogP contribution < -0.4 is 5.32 Å². The van der Waals surface area contributed by atoms with Crippen LogP contribution in [0.5, 0.6) is 0 Å². The van der Waals surface area contributed by atoms with Gasteiger partial charge >= 0.3 is 5.97 Å². The molecule has 6 N–H and O–H groups in total. The van der Waals surface area contributed by atoms with Crippen LogP contribution in [0.1, 0.15) is 309 Å². The summed E-state index contributed by atoms with van der Waals surface area (Å²) in [5, 5.41) is 54.2. The zero-order valence-electron chi connectivity index (χ0n) is 48.8. The molecule has 7 unspecified atom stereocenters. The summed E-state index contributed by atoms with van der Waals surface area (Å²) < 4.78 is 16.7. The molecule has 1 saturated heterocycles. The molecule has 1 fully saturated rings. The van der Waals surface area contributed by atoms with Crippen molar-refractivity contribution >= 4 is 11.9 Å². The van der Waals surface area contributed by atoms with E-state index in [4.69, 9.17) is 14.2 Å². The highest BCUT2D eigenvalue weighted by Gasteiger charge is 2.44. The van der Waals surface area contributed by atoms with Gasteiger partial charge in [0.2, 0.25) is 5.91 Å². The third-order valence-corrected chi connectivity index (χ3v) is 15.3. The highest BCUT2D eigenvalue weighted by molar-refractivity contribution is 5.76. The standard InChI is InChI=1S/C64H121NO10/c1-3-5-7-9-11-13-14-15-16-17-23-26-29-32-36-40-44-48-52-60(69)73-53-49-45-41-37-33-30-27-24-21-19-18-20-22-25-28-31-35-39-43-47-51-59(68)65-56(57(67)50-46-42-38-34-12-10-8-6-4-2)55-74-64-63(72)62(71)61(70)58(54-66)75-64/h16-17,46,50,56-58,61-64,66-67,70-72H,3-15,18-45,47-49,51-55H2,1-2H3,(H,65,68)/b17-16-,50-46+. The minimum atomic E-state index is -1.57. The van der Waals surface area contributed by atoms with Crippen LogP contribution in [0.3, 0.4) is 0 Å². The van der Waals surface area contributed by atoms with Crippen LogP contribution in [0.15, 0.2) is 24.3 Å². The average Bonchev–Trinajstić information content (AvgIpc) is 3.41. The second-order valence-corrected chi connectivity index (χ2v) is 22.5. The van der Waals surface area contributed by atoms with Gasteiger partial charge in [-0.15, -0.1) is 0 Å². The summed E-state index contributed by atoms with van der Waals surface area (Å²) in [7, 11) is 0. The lowest BCUT2D eigenvalue weighted by molar-refractivity contribution is -0.302. The Balaban J connectivity index is 1.96. The van der Waals surface area contributed by atoms with E-state index >= 15 is 0 Å². The first kappa shape index (κ1) is 71.2. The van der Waals surface area contributed by atoms with Crippen LogP contribution in [-0.4, -0.2) is 100 Å². The number of hydrogen-bond acceptors (Lipinski definition) is 10. The Labute approximate surface area is 461 Å². The van der Waals surface area contributed by atoms with Crippen LogP contribution in [0, 0.1) is 0 Å². The van der Waals surface area contributed by atoms with E-state index in [-0.39, 0.29) is 18.5 Å². The molecule has 1 rings (SSSR count). The van der Waals surface area contributed by atoms with Gasteiger partial charge in [0.25, 0.3) is 0 Å². The number of carbonyl (C=O) groups excluding carboxylic acids is 2. The van der Waals surface area contributed by atoms with E-state index in [2.05, 4.69) is 31.3 Å². The topological polar surface area (TPSA) is 175 Å². The van der Waals surface area contributed by atoms with E-state index in [1.165, 1.54) is 218 Å². The monoisotopic (exact) mass is 1060 g/mol. The highest BCUT2D eigenvalue weighted by atomic mass is 16.7. The number of esters is 1. The summed E-state index contributed by atoms with van der Waals surface area (Å²) in [4.78, 5) is 25.1. The van der Waals surface area contributed by atoms with Crippen molar-refractivity contribution in [1.29, 1.82) is 0 Å². The smallest absolute Gasteiger partial charge is 0.305 e. The number of aliphatic hydroxyl groups excluding tert-OH is 5. The SMILES string of the molecule is CCCCCCCCC/C=C\CCCCCCCCCC(=O)OCCCCCCCCCCCCCCCCCCCCCCC(=O)NC(COC1OC(CO)C(O)C(O)C1O)C(O)/C=C/CCCCCCCCC. The second kappa shape index (κ2) is 54.1. The van der Waals surface area contributed by atoms with E-state index in [1.807, 2.05) is 6.08 Å². The number of allylic oxidation sites excluding steroid dienone is 3. The van der Waals surface area contributed by atoms with Gasteiger partial charge in [-0.05, 0) is 57.8 Å². The Morgan fingerprint density at radius 3 is 1.28 bits per heavy atom. The molecule has 0 aromatic heterocycles. The number of carbonyl (C=O) groups is 2. The largest absolute Gasteiger partial charge is 0.466 e. The molecule has 0 radical (unpaired) electrons. The Bertz CT molecular complexity index is 1300. The molecule has 0 aliphatic carbocycles. The third-order valence-electron chi connectivity index (χ3n) is 15.3. The van der Waals surface area contributed by atoms with E-state index in [0.29, 0.717) is 19.4 Å². The Kier molecular flexibility index (Phi) is 51.3. The molecular weight excluding hydrogens is 943 g/mol. The van der Waals surface area contributed by atoms with Crippen molar-refractivity contribution in [3.63, 3.8) is 0 Å². The number of rotatable bonds is 56. The minimum Gasteiger partial charge on any atom is -0.466 e. The van der Waals surface area contributed by atoms with Gasteiger partial charge in [0.05, 0.1) is 32.0 Å². The summed E-state index contributed by atoms with van der Waals surface area (Å²) in [6.45, 7) is 4.32. The molecule has 11 heteroatoms. The maximum Gasteiger partial charge on any atom is 0.305 e. The van der Waals surface area contributed by atoms with Crippen LogP contribution in [0.4, 0.5) is 0 Å². The normalized spacial score (nSPS) is 18.8. The lowest BCUT2D eigenvalue weighted by atomic mass is 9.99. The number of unbranched alkanes of at least 4 members (excludes halogenated alkanes) is 40. The number of nitrogens with one attached hydrogen (secondary N) is 1. The fourth-order valence-corrected chi connectivity index (χ4v) is 10.2. The van der Waals surface area contributed by atoms with Crippen molar-refractivity contribution in [2.75, 3.05) is 19.8 Å². The summed E-state index contributed by atoms with van der Waals surface area (Å²) in [5.41, 5.74) is 0. The molecule has 11 nitrogen and oxygen atoms in total. The first-order chi connectivity index (χ1) is 36.7. The lowest BCUT2D eigenvalue weighted by Gasteiger charge is -2.40. The minimum absolute atomic E-state index is 0.00598. The molecule has 0 spiro atoms. The highest BCUT2D eigenvalue weighted by Crippen LogP contribution is 2.23. The summed E-state index contributed by atoms with van der Waals surface area (Å²) in [5.74, 6) is -0.191. The number of ether oxygens (including phenoxy) is 3. The molecule has 442 valence electrons. The second-order valence-electron chi connectivity index (χ2n) is 22.5. The number of aliphatic hydroxyl groups is 5. The van der Waals surface area contributed by atoms with Crippen molar-refractivity contribution in [1.82, 2.24) is 5.32 Å². The molecule has 0 aromatic rings. The van der Waals surface area contributed by atoms with Crippen molar-refractivity contribution in [3.8, 4) is 0 Å². The van der Waals surface area contributed by atoms with Gasteiger partial charge in [0.1, 0.15) is 24.4 Å². The van der Waals surface area contributed by atoms with E-state index in [0.717, 1.165) is 64.2 Å². The molecule has 7 atom stereocenters. The quantitative estimate of drug-likeness (QED) is 0.0195. The average molecular weight is 1060 g/mol. The van der Waals surface area contributed by atoms with Gasteiger partial charge in [-0.2, -0.15) is 0 Å². The summed E-state index contributed by atoms with van der Waals surface area (Å²) >= 11 is 0. The van der Waals surface area contributed by atoms with Gasteiger partial charge < -0.3 is 45.1 Å². The van der Waals surface area contributed by atoms with Crippen molar-refractivity contribution in [2.45, 2.75) is 352 Å². The molecule has 1 heterocycles. The van der Waals surface area contributed by atoms with Crippen LogP contribution in [0.2, 0.25) is 0 Å². The van der Waals surface area contributed by atoms with Gasteiger partial charge in [0, 0.05) is 12.8 Å². The molecule has 75 heavy (non-hydrogen) atoms. The van der Waals surface area contributed by atoms with E-state index in [9.17, 15) is 35.1 Å². The Morgan fingerprint density at radius 2 is 0.853 bits per heavy atom.